The number of piperidine rings is 1. The van der Waals surface area contributed by atoms with Crippen molar-refractivity contribution < 1.29 is 37.6 Å². The molecule has 4 aliphatic rings. The standard InChI is InChI=1S/C56H65N5O6S/c1-10-57-44-26-24-37-18-12-13-19-40(37)49(44)54(4,5)36(3)34-41-51(62)50(52(41)63)59-32-28-38(29-33-59)53(64)58-30-17-31-61-45-21-15-14-20-42(45)55(6,7)48(61)23-16-22-47-56(8,9)43-35-39(68(65,66)67)25-27-46(43)60(47)11-2/h12-16,18-27,34-35,38,57H,3,10-11,17,28-33H2,1-2,4-9H3,(H2-,58,62,63,64,65,66,67)/p+1. The second-order valence-corrected chi connectivity index (χ2v) is 21.5. The quantitative estimate of drug-likeness (QED) is 0.0353. The van der Waals surface area contributed by atoms with Gasteiger partial charge in [0.05, 0.1) is 22.4 Å². The van der Waals surface area contributed by atoms with Crippen LogP contribution in [0.1, 0.15) is 91.3 Å². The molecule has 3 aliphatic heterocycles. The molecule has 4 aromatic rings. The van der Waals surface area contributed by atoms with E-state index in [0.29, 0.717) is 51.3 Å². The molecule has 12 heteroatoms. The van der Waals surface area contributed by atoms with Crippen molar-refractivity contribution in [1.29, 1.82) is 0 Å². The van der Waals surface area contributed by atoms with Crippen molar-refractivity contribution in [3.63, 3.8) is 0 Å². The number of aliphatic hydroxyl groups excluding tert-OH is 1. The zero-order valence-corrected chi connectivity index (χ0v) is 41.6. The van der Waals surface area contributed by atoms with E-state index in [1.165, 1.54) is 17.7 Å². The van der Waals surface area contributed by atoms with Crippen LogP contribution in [0.5, 0.6) is 0 Å². The van der Waals surface area contributed by atoms with E-state index in [9.17, 15) is 27.7 Å². The first-order valence-corrected chi connectivity index (χ1v) is 25.4. The molecule has 4 N–H and O–H groups in total. The number of para-hydroxylation sites is 1. The Morgan fingerprint density at radius 2 is 1.69 bits per heavy atom. The summed E-state index contributed by atoms with van der Waals surface area (Å²) in [6.45, 7) is 25.1. The number of hydrogen-bond donors (Lipinski definition) is 3. The molecule has 3 heterocycles. The minimum absolute atomic E-state index is 0.00635. The van der Waals surface area contributed by atoms with Crippen molar-refractivity contribution >= 4 is 55.4 Å². The minimum atomic E-state index is -4.60. The van der Waals surface area contributed by atoms with E-state index < -0.39 is 20.9 Å². The highest BCUT2D eigenvalue weighted by molar-refractivity contribution is 7.85. The van der Waals surface area contributed by atoms with Crippen molar-refractivity contribution in [2.24, 2.45) is 5.92 Å². The van der Waals surface area contributed by atoms with Gasteiger partial charge in [-0.1, -0.05) is 82.8 Å². The van der Waals surface area contributed by atoms with Crippen LogP contribution in [0.25, 0.3) is 10.8 Å². The van der Waals surface area contributed by atoms with Crippen LogP contribution in [0.2, 0.25) is 0 Å². The average Bonchev–Trinajstić information content (AvgIpc) is 3.66. The molecule has 0 radical (unpaired) electrons. The van der Waals surface area contributed by atoms with Crippen LogP contribution in [0.4, 0.5) is 17.1 Å². The van der Waals surface area contributed by atoms with Crippen LogP contribution in [0.3, 0.4) is 0 Å². The SMILES string of the molecule is C=C(C=C1C(=O)C(N2CCC(C(=O)NCCC[N+]3=C(C=CC=C4N(CC)c5ccc(S(=O)(=O)[O-])cc5C4(C)C)C(C)(C)c4ccccc43)CC2)=C1O)C(C)(C)c1c([NH2+]CC)ccc2ccccc12. The third-order valence-electron chi connectivity index (χ3n) is 14.9. The lowest BCUT2D eigenvalue weighted by Crippen LogP contribution is -2.77. The lowest BCUT2D eigenvalue weighted by molar-refractivity contribution is -0.568. The number of ketones is 1. The fourth-order valence-corrected chi connectivity index (χ4v) is 11.4. The second-order valence-electron chi connectivity index (χ2n) is 20.1. The Morgan fingerprint density at radius 3 is 2.38 bits per heavy atom. The number of aliphatic hydroxyl groups is 1. The van der Waals surface area contributed by atoms with E-state index in [1.54, 1.807) is 12.1 Å². The predicted molar refractivity (Wildman–Crippen MR) is 270 cm³/mol. The van der Waals surface area contributed by atoms with Gasteiger partial charge in [0.2, 0.25) is 17.4 Å². The number of quaternary nitrogens is 1. The van der Waals surface area contributed by atoms with Gasteiger partial charge in [0.15, 0.2) is 18.0 Å². The maximum atomic E-state index is 13.6. The Bertz CT molecular complexity index is 3000. The smallest absolute Gasteiger partial charge is 0.223 e. The highest BCUT2D eigenvalue weighted by Crippen LogP contribution is 2.49. The molecule has 11 nitrogen and oxygen atoms in total. The zero-order valence-electron chi connectivity index (χ0n) is 40.8. The summed E-state index contributed by atoms with van der Waals surface area (Å²) in [5.41, 5.74) is 8.47. The molecule has 0 unspecified atom stereocenters. The average molecular weight is 937 g/mol. The summed E-state index contributed by atoms with van der Waals surface area (Å²) in [6, 6.07) is 25.7. The number of fused-ring (bicyclic) bond motifs is 3. The third kappa shape index (κ3) is 8.56. The monoisotopic (exact) mass is 936 g/mol. The van der Waals surface area contributed by atoms with E-state index in [1.807, 2.05) is 17.0 Å². The number of carbonyl (C=O) groups excluding carboxylic acids is 2. The first-order valence-electron chi connectivity index (χ1n) is 24.0. The molecule has 0 bridgehead atoms. The molecule has 0 atom stereocenters. The fourth-order valence-electron chi connectivity index (χ4n) is 10.9. The highest BCUT2D eigenvalue weighted by atomic mass is 32.2. The third-order valence-corrected chi connectivity index (χ3v) is 15.7. The molecule has 1 aliphatic carbocycles. The van der Waals surface area contributed by atoms with Crippen molar-refractivity contribution in [3.8, 4) is 0 Å². The Hall–Kier alpha value is -6.08. The molecule has 1 amide bonds. The molecule has 0 aromatic heterocycles. The molecule has 4 aromatic carbocycles. The molecule has 1 saturated heterocycles. The summed E-state index contributed by atoms with van der Waals surface area (Å²) in [7, 11) is -4.60. The number of hydrogen-bond acceptors (Lipinski definition) is 8. The van der Waals surface area contributed by atoms with E-state index in [4.69, 9.17) is 0 Å². The van der Waals surface area contributed by atoms with Gasteiger partial charge in [0.25, 0.3) is 0 Å². The van der Waals surface area contributed by atoms with Gasteiger partial charge in [0, 0.05) is 84.0 Å². The molecule has 356 valence electrons. The Kier molecular flexibility index (Phi) is 13.1. The van der Waals surface area contributed by atoms with Crippen LogP contribution < -0.4 is 15.5 Å². The maximum absolute atomic E-state index is 13.6. The molecule has 8 rings (SSSR count). The largest absolute Gasteiger partial charge is 0.744 e. The molecule has 0 spiro atoms. The second kappa shape index (κ2) is 18.4. The number of benzene rings is 4. The summed E-state index contributed by atoms with van der Waals surface area (Å²) in [5, 5.41) is 19.0. The lowest BCUT2D eigenvalue weighted by Gasteiger charge is -2.38. The normalized spacial score (nSPS) is 19.4. The lowest BCUT2D eigenvalue weighted by atomic mass is 9.74. The van der Waals surface area contributed by atoms with Gasteiger partial charge in [0.1, 0.15) is 21.5 Å². The number of nitrogens with zero attached hydrogens (tertiary/aromatic N) is 3. The number of rotatable bonds is 15. The van der Waals surface area contributed by atoms with Gasteiger partial charge in [-0.2, -0.15) is 4.58 Å². The number of Topliss-reactive ketones (excluding diaryl/α,β-unsaturated/α-hetero) is 1. The van der Waals surface area contributed by atoms with Crippen LogP contribution >= 0.6 is 0 Å². The van der Waals surface area contributed by atoms with E-state index in [-0.39, 0.29) is 39.3 Å². The van der Waals surface area contributed by atoms with Crippen LogP contribution in [0.15, 0.2) is 143 Å². The van der Waals surface area contributed by atoms with Gasteiger partial charge in [-0.3, -0.25) is 9.59 Å². The van der Waals surface area contributed by atoms with Crippen LogP contribution in [-0.4, -0.2) is 84.2 Å². The maximum Gasteiger partial charge on any atom is 0.223 e. The Labute approximate surface area is 402 Å². The van der Waals surface area contributed by atoms with Gasteiger partial charge >= 0.3 is 0 Å². The van der Waals surface area contributed by atoms with Crippen molar-refractivity contribution in [2.45, 2.75) is 95.8 Å². The van der Waals surface area contributed by atoms with Crippen LogP contribution in [-0.2, 0) is 36.0 Å². The van der Waals surface area contributed by atoms with E-state index >= 15 is 0 Å². The topological polar surface area (TPSA) is 150 Å². The molecule has 68 heavy (non-hydrogen) atoms. The number of allylic oxidation sites excluding steroid dienone is 8. The van der Waals surface area contributed by atoms with Crippen molar-refractivity contribution in [2.75, 3.05) is 44.2 Å². The highest BCUT2D eigenvalue weighted by Gasteiger charge is 2.45. The number of anilines is 1. The van der Waals surface area contributed by atoms with Crippen molar-refractivity contribution in [3.05, 3.63) is 155 Å². The summed E-state index contributed by atoms with van der Waals surface area (Å²) < 4.78 is 38.1. The summed E-state index contributed by atoms with van der Waals surface area (Å²) in [5.74, 6) is -0.383. The predicted octanol–water partition coefficient (Wildman–Crippen LogP) is 8.62. The molecular formula is C56H66N5O6S+. The van der Waals surface area contributed by atoms with Gasteiger partial charge in [-0.05, 0) is 105 Å². The molecular weight excluding hydrogens is 871 g/mol. The number of carbonyl (C=O) groups is 2. The first-order chi connectivity index (χ1) is 32.2. The molecule has 0 saturated carbocycles. The van der Waals surface area contributed by atoms with Gasteiger partial charge in [-0.25, -0.2) is 8.42 Å². The van der Waals surface area contributed by atoms with E-state index in [2.05, 4.69) is 149 Å². The number of likely N-dealkylation sites (N-methyl/N-ethyl adjacent to an activating group) is 1. The summed E-state index contributed by atoms with van der Waals surface area (Å²) in [6.07, 6.45) is 9.94. The van der Waals surface area contributed by atoms with Crippen molar-refractivity contribution in [1.82, 2.24) is 10.2 Å². The summed E-state index contributed by atoms with van der Waals surface area (Å²) >= 11 is 0. The zero-order chi connectivity index (χ0) is 48.9. The van der Waals surface area contributed by atoms with E-state index in [0.717, 1.165) is 68.9 Å². The van der Waals surface area contributed by atoms with Crippen LogP contribution in [0, 0.1) is 5.92 Å². The van der Waals surface area contributed by atoms with Gasteiger partial charge in [-0.15, -0.1) is 0 Å². The number of amides is 1. The Morgan fingerprint density at radius 1 is 0.985 bits per heavy atom. The number of nitrogens with one attached hydrogen (secondary N) is 1. The fraction of sp³-hybridized carbons (Fsp3) is 0.375. The Balaban J connectivity index is 0.902. The summed E-state index contributed by atoms with van der Waals surface area (Å²) in [4.78, 5) is 31.0. The minimum Gasteiger partial charge on any atom is -0.744 e. The number of likely N-dealkylation sites (tertiary alicyclic amines) is 1. The number of nitrogens with two attached hydrogens (primary N) is 1. The first kappa shape index (κ1) is 48.4. The molecule has 1 fully saturated rings. The van der Waals surface area contributed by atoms with Gasteiger partial charge < -0.3 is 30.1 Å².